The maximum atomic E-state index is 4.44. The summed E-state index contributed by atoms with van der Waals surface area (Å²) in [5.74, 6) is 2.13. The number of hydrogen-bond acceptors (Lipinski definition) is 5. The Labute approximate surface area is 107 Å². The number of hydrogen-bond donors (Lipinski definition) is 1. The van der Waals surface area contributed by atoms with Crippen LogP contribution in [-0.4, -0.2) is 28.2 Å². The summed E-state index contributed by atoms with van der Waals surface area (Å²) in [6.07, 6.45) is 4.64. The molecule has 0 aliphatic carbocycles. The molecule has 5 heteroatoms. The van der Waals surface area contributed by atoms with Gasteiger partial charge in [0.1, 0.15) is 5.82 Å². The van der Waals surface area contributed by atoms with Crippen LogP contribution in [0.1, 0.15) is 38.9 Å². The standard InChI is InChI=1S/C11H21N3S2/c1-4-9(12-3)7-6-8-15-11-13-10(5-2)14-16-11/h9,12H,4-8H2,1-3H3. The van der Waals surface area contributed by atoms with E-state index in [0.717, 1.165) is 22.3 Å². The molecule has 1 rings (SSSR count). The summed E-state index contributed by atoms with van der Waals surface area (Å²) in [7, 11) is 2.04. The fourth-order valence-electron chi connectivity index (χ4n) is 1.48. The second-order valence-electron chi connectivity index (χ2n) is 3.71. The molecule has 1 heterocycles. The van der Waals surface area contributed by atoms with Gasteiger partial charge in [-0.3, -0.25) is 0 Å². The summed E-state index contributed by atoms with van der Waals surface area (Å²) in [5, 5.41) is 3.33. The molecule has 1 atom stereocenters. The fourth-order valence-corrected chi connectivity index (χ4v) is 3.21. The first-order chi connectivity index (χ1) is 7.80. The minimum Gasteiger partial charge on any atom is -0.317 e. The van der Waals surface area contributed by atoms with E-state index in [1.54, 1.807) is 0 Å². The second-order valence-corrected chi connectivity index (χ2v) is 5.81. The molecule has 0 aromatic carbocycles. The van der Waals surface area contributed by atoms with Gasteiger partial charge in [0.05, 0.1) is 0 Å². The van der Waals surface area contributed by atoms with E-state index in [1.165, 1.54) is 30.8 Å². The highest BCUT2D eigenvalue weighted by atomic mass is 32.2. The average molecular weight is 259 g/mol. The molecule has 0 aliphatic heterocycles. The van der Waals surface area contributed by atoms with Gasteiger partial charge in [-0.25, -0.2) is 4.98 Å². The lowest BCUT2D eigenvalue weighted by molar-refractivity contribution is 0.504. The molecule has 0 radical (unpaired) electrons. The summed E-state index contributed by atoms with van der Waals surface area (Å²) in [6, 6.07) is 0.668. The molecule has 16 heavy (non-hydrogen) atoms. The zero-order valence-electron chi connectivity index (χ0n) is 10.3. The summed E-state index contributed by atoms with van der Waals surface area (Å²) in [6.45, 7) is 4.32. The molecule has 1 unspecified atom stereocenters. The van der Waals surface area contributed by atoms with Crippen LogP contribution in [0, 0.1) is 0 Å². The minimum absolute atomic E-state index is 0.668. The van der Waals surface area contributed by atoms with Crippen molar-refractivity contribution < 1.29 is 0 Å². The third-order valence-corrected chi connectivity index (χ3v) is 4.55. The molecule has 0 fully saturated rings. The van der Waals surface area contributed by atoms with Crippen molar-refractivity contribution in [1.82, 2.24) is 14.7 Å². The first kappa shape index (κ1) is 13.9. The smallest absolute Gasteiger partial charge is 0.170 e. The maximum Gasteiger partial charge on any atom is 0.170 e. The first-order valence-corrected chi connectivity index (χ1v) is 7.68. The lowest BCUT2D eigenvalue weighted by Crippen LogP contribution is -2.23. The van der Waals surface area contributed by atoms with Crippen molar-refractivity contribution in [1.29, 1.82) is 0 Å². The van der Waals surface area contributed by atoms with Crippen LogP contribution in [-0.2, 0) is 6.42 Å². The van der Waals surface area contributed by atoms with E-state index in [-0.39, 0.29) is 0 Å². The van der Waals surface area contributed by atoms with Gasteiger partial charge >= 0.3 is 0 Å². The van der Waals surface area contributed by atoms with E-state index in [1.807, 2.05) is 18.8 Å². The van der Waals surface area contributed by atoms with Crippen LogP contribution in [0.2, 0.25) is 0 Å². The third-order valence-electron chi connectivity index (χ3n) is 2.59. The molecule has 0 aliphatic rings. The van der Waals surface area contributed by atoms with Crippen molar-refractivity contribution in [2.24, 2.45) is 0 Å². The number of rotatable bonds is 8. The van der Waals surface area contributed by atoms with Crippen LogP contribution in [0.15, 0.2) is 4.34 Å². The van der Waals surface area contributed by atoms with Gasteiger partial charge in [-0.2, -0.15) is 4.37 Å². The lowest BCUT2D eigenvalue weighted by Gasteiger charge is -2.12. The maximum absolute atomic E-state index is 4.44. The van der Waals surface area contributed by atoms with Crippen LogP contribution in [0.5, 0.6) is 0 Å². The number of nitrogens with one attached hydrogen (secondary N) is 1. The molecular formula is C11H21N3S2. The van der Waals surface area contributed by atoms with Crippen molar-refractivity contribution in [2.45, 2.75) is 49.9 Å². The van der Waals surface area contributed by atoms with E-state index >= 15 is 0 Å². The van der Waals surface area contributed by atoms with Crippen LogP contribution in [0.3, 0.4) is 0 Å². The van der Waals surface area contributed by atoms with Gasteiger partial charge in [-0.15, -0.1) is 0 Å². The van der Waals surface area contributed by atoms with Gasteiger partial charge in [0.25, 0.3) is 0 Å². The van der Waals surface area contributed by atoms with E-state index in [0.29, 0.717) is 6.04 Å². The fraction of sp³-hybridized carbons (Fsp3) is 0.818. The first-order valence-electron chi connectivity index (χ1n) is 5.92. The SMILES string of the molecule is CCc1nsc(SCCCC(CC)NC)n1. The molecule has 1 aromatic rings. The van der Waals surface area contributed by atoms with Crippen LogP contribution in [0.25, 0.3) is 0 Å². The predicted molar refractivity (Wildman–Crippen MR) is 72.4 cm³/mol. The number of thioether (sulfide) groups is 1. The van der Waals surface area contributed by atoms with E-state index < -0.39 is 0 Å². The lowest BCUT2D eigenvalue weighted by atomic mass is 10.1. The molecule has 0 spiro atoms. The molecule has 0 saturated carbocycles. The molecule has 92 valence electrons. The van der Waals surface area contributed by atoms with Crippen molar-refractivity contribution in [3.8, 4) is 0 Å². The Morgan fingerprint density at radius 1 is 1.44 bits per heavy atom. The highest BCUT2D eigenvalue weighted by Gasteiger charge is 2.05. The van der Waals surface area contributed by atoms with Crippen LogP contribution < -0.4 is 5.32 Å². The van der Waals surface area contributed by atoms with Crippen molar-refractivity contribution in [3.05, 3.63) is 5.82 Å². The molecule has 1 N–H and O–H groups in total. The average Bonchev–Trinajstić information content (AvgIpc) is 2.77. The largest absolute Gasteiger partial charge is 0.317 e. The highest BCUT2D eigenvalue weighted by Crippen LogP contribution is 2.21. The normalized spacial score (nSPS) is 12.9. The molecule has 3 nitrogen and oxygen atoms in total. The van der Waals surface area contributed by atoms with Crippen molar-refractivity contribution in [2.75, 3.05) is 12.8 Å². The summed E-state index contributed by atoms with van der Waals surface area (Å²) < 4.78 is 5.40. The van der Waals surface area contributed by atoms with Crippen molar-refractivity contribution >= 4 is 23.3 Å². The van der Waals surface area contributed by atoms with Crippen LogP contribution >= 0.6 is 23.3 Å². The molecule has 0 saturated heterocycles. The Hall–Kier alpha value is -0.130. The Kier molecular flexibility index (Phi) is 7.00. The molecule has 0 bridgehead atoms. The number of aromatic nitrogens is 2. The zero-order chi connectivity index (χ0) is 11.8. The quantitative estimate of drug-likeness (QED) is 0.575. The Bertz CT molecular complexity index is 285. The highest BCUT2D eigenvalue weighted by molar-refractivity contribution is 8.00. The minimum atomic E-state index is 0.668. The molecular weight excluding hydrogens is 238 g/mol. The topological polar surface area (TPSA) is 37.8 Å². The number of aryl methyl sites for hydroxylation is 1. The summed E-state index contributed by atoms with van der Waals surface area (Å²) in [5.41, 5.74) is 0. The van der Waals surface area contributed by atoms with Crippen molar-refractivity contribution in [3.63, 3.8) is 0 Å². The molecule has 1 aromatic heterocycles. The van der Waals surface area contributed by atoms with Gasteiger partial charge in [-0.05, 0) is 37.8 Å². The Morgan fingerprint density at radius 2 is 2.25 bits per heavy atom. The van der Waals surface area contributed by atoms with Gasteiger partial charge in [0.2, 0.25) is 0 Å². The van der Waals surface area contributed by atoms with Gasteiger partial charge in [0, 0.05) is 18.2 Å². The summed E-state index contributed by atoms with van der Waals surface area (Å²) in [4.78, 5) is 4.44. The van der Waals surface area contributed by atoms with Gasteiger partial charge in [0.15, 0.2) is 4.34 Å². The van der Waals surface area contributed by atoms with E-state index in [9.17, 15) is 0 Å². The second kappa shape index (κ2) is 8.03. The predicted octanol–water partition coefficient (Wildman–Crippen LogP) is 2.97. The Morgan fingerprint density at radius 3 is 2.81 bits per heavy atom. The third kappa shape index (κ3) is 4.80. The molecule has 0 amide bonds. The Balaban J connectivity index is 2.15. The van der Waals surface area contributed by atoms with Crippen LogP contribution in [0.4, 0.5) is 0 Å². The van der Waals surface area contributed by atoms with E-state index in [4.69, 9.17) is 0 Å². The van der Waals surface area contributed by atoms with Gasteiger partial charge < -0.3 is 5.32 Å². The van der Waals surface area contributed by atoms with E-state index in [2.05, 4.69) is 28.5 Å². The summed E-state index contributed by atoms with van der Waals surface area (Å²) >= 11 is 3.37. The zero-order valence-corrected chi connectivity index (χ0v) is 12.0. The van der Waals surface area contributed by atoms with Gasteiger partial charge in [-0.1, -0.05) is 25.6 Å². The number of nitrogens with zero attached hydrogens (tertiary/aromatic N) is 2. The monoisotopic (exact) mass is 259 g/mol.